The van der Waals surface area contributed by atoms with Crippen molar-refractivity contribution in [1.82, 2.24) is 19.9 Å². The van der Waals surface area contributed by atoms with Gasteiger partial charge in [0.25, 0.3) is 5.91 Å². The number of nitrogens with zero attached hydrogens (tertiary/aromatic N) is 4. The maximum atomic E-state index is 13.1. The predicted molar refractivity (Wildman–Crippen MR) is 120 cm³/mol. The van der Waals surface area contributed by atoms with Gasteiger partial charge in [-0.15, -0.1) is 5.10 Å². The third-order valence-electron chi connectivity index (χ3n) is 5.65. The summed E-state index contributed by atoms with van der Waals surface area (Å²) in [6.45, 7) is 7.97. The van der Waals surface area contributed by atoms with Crippen molar-refractivity contribution in [1.29, 1.82) is 0 Å². The number of aromatic nitrogens is 3. The molecule has 2 N–H and O–H groups in total. The number of rotatable bonds is 6. The van der Waals surface area contributed by atoms with Crippen molar-refractivity contribution < 1.29 is 14.3 Å². The van der Waals surface area contributed by atoms with E-state index in [-0.39, 0.29) is 17.4 Å². The molecule has 7 nitrogen and oxygen atoms in total. The number of anilines is 1. The van der Waals surface area contributed by atoms with Gasteiger partial charge in [-0.25, -0.2) is 9.07 Å². The lowest BCUT2D eigenvalue weighted by Gasteiger charge is -2.33. The highest BCUT2D eigenvalue weighted by Crippen LogP contribution is 2.27. The quantitative estimate of drug-likeness (QED) is 0.619. The lowest BCUT2D eigenvalue weighted by molar-refractivity contribution is 0.0318. The Morgan fingerprint density at radius 2 is 1.97 bits per heavy atom. The number of carbonyl (C=O) groups excluding carboxylic acids is 1. The van der Waals surface area contributed by atoms with Crippen molar-refractivity contribution in [2.24, 2.45) is 0 Å². The summed E-state index contributed by atoms with van der Waals surface area (Å²) in [5.41, 5.74) is 4.08. The Hall–Kier alpha value is -3.10. The first-order valence-electron chi connectivity index (χ1n) is 10.7. The number of halogens is 1. The van der Waals surface area contributed by atoms with Crippen LogP contribution in [0, 0.1) is 12.7 Å². The first kappa shape index (κ1) is 22.1. The van der Waals surface area contributed by atoms with E-state index in [2.05, 4.69) is 26.6 Å². The monoisotopic (exact) mass is 437 g/mol. The maximum absolute atomic E-state index is 13.1. The highest BCUT2D eigenvalue weighted by molar-refractivity contribution is 6.04. The Bertz CT molecular complexity index is 1120. The van der Waals surface area contributed by atoms with Crippen LogP contribution in [0.4, 0.5) is 10.1 Å². The first-order valence-corrected chi connectivity index (χ1v) is 10.7. The van der Waals surface area contributed by atoms with Gasteiger partial charge in [-0.2, -0.15) is 0 Å². The Morgan fingerprint density at radius 1 is 1.22 bits per heavy atom. The van der Waals surface area contributed by atoms with Crippen LogP contribution in [0.25, 0.3) is 0 Å². The van der Waals surface area contributed by atoms with Crippen LogP contribution in [0.3, 0.4) is 0 Å². The average Bonchev–Trinajstić information content (AvgIpc) is 3.09. The van der Waals surface area contributed by atoms with Crippen molar-refractivity contribution in [3.63, 3.8) is 0 Å². The fraction of sp³-hybridized carbons (Fsp3) is 0.375. The van der Waals surface area contributed by atoms with E-state index >= 15 is 0 Å². The first-order chi connectivity index (χ1) is 15.2. The largest absolute Gasteiger partial charge is 0.389 e. The number of hydrogen-bond donors (Lipinski definition) is 2. The van der Waals surface area contributed by atoms with Crippen LogP contribution in [0.2, 0.25) is 0 Å². The molecule has 4 rings (SSSR count). The molecule has 0 bridgehead atoms. The Morgan fingerprint density at radius 3 is 2.69 bits per heavy atom. The van der Waals surface area contributed by atoms with Crippen LogP contribution in [0.15, 0.2) is 42.5 Å². The fourth-order valence-corrected chi connectivity index (χ4v) is 4.13. The van der Waals surface area contributed by atoms with E-state index < -0.39 is 5.60 Å². The third-order valence-corrected chi connectivity index (χ3v) is 5.65. The number of β-amino-alcohol motifs (C(OH)–C–C–N with tert-alkyl or cyclic N) is 1. The van der Waals surface area contributed by atoms with Crippen LogP contribution < -0.4 is 5.32 Å². The molecule has 1 aliphatic rings. The predicted octanol–water partition coefficient (Wildman–Crippen LogP) is 3.16. The zero-order valence-corrected chi connectivity index (χ0v) is 18.6. The Kier molecular flexibility index (Phi) is 6.08. The minimum atomic E-state index is -0.749. The fourth-order valence-electron chi connectivity index (χ4n) is 4.13. The molecule has 0 unspecified atom stereocenters. The zero-order chi connectivity index (χ0) is 22.9. The topological polar surface area (TPSA) is 83.3 Å². The summed E-state index contributed by atoms with van der Waals surface area (Å²) in [6.07, 6.45) is 0.790. The van der Waals surface area contributed by atoms with E-state index in [9.17, 15) is 14.3 Å². The summed E-state index contributed by atoms with van der Waals surface area (Å²) >= 11 is 0. The van der Waals surface area contributed by atoms with Gasteiger partial charge >= 0.3 is 0 Å². The second-order valence-electron chi connectivity index (χ2n) is 8.98. The molecule has 168 valence electrons. The second-order valence-corrected chi connectivity index (χ2v) is 8.98. The molecule has 0 spiro atoms. The molecule has 0 radical (unpaired) electrons. The van der Waals surface area contributed by atoms with Crippen molar-refractivity contribution >= 4 is 11.6 Å². The smallest absolute Gasteiger partial charge is 0.278 e. The molecule has 2 heterocycles. The lowest BCUT2D eigenvalue weighted by Crippen LogP contribution is -2.41. The van der Waals surface area contributed by atoms with E-state index in [0.717, 1.165) is 41.9 Å². The van der Waals surface area contributed by atoms with Gasteiger partial charge in [-0.3, -0.25) is 9.69 Å². The number of hydrogen-bond acceptors (Lipinski definition) is 5. The average molecular weight is 438 g/mol. The number of benzene rings is 2. The molecule has 8 heteroatoms. The maximum Gasteiger partial charge on any atom is 0.278 e. The van der Waals surface area contributed by atoms with Crippen LogP contribution >= 0.6 is 0 Å². The number of carbonyl (C=O) groups is 1. The van der Waals surface area contributed by atoms with Crippen LogP contribution in [-0.2, 0) is 19.5 Å². The zero-order valence-electron chi connectivity index (χ0n) is 18.6. The summed E-state index contributed by atoms with van der Waals surface area (Å²) < 4.78 is 14.8. The SMILES string of the molecule is Cc1c(C(=O)Nc2cccc3c2CCN(CC(C)(C)O)C3)nnn1Cc1ccc(F)cc1. The van der Waals surface area contributed by atoms with Crippen molar-refractivity contribution in [2.75, 3.05) is 18.4 Å². The standard InChI is InChI=1S/C24H28FN5O2/c1-16-22(27-28-30(16)13-17-7-9-19(25)10-8-17)23(31)26-21-6-4-5-18-14-29(12-11-20(18)21)15-24(2,3)32/h4-10,32H,11-15H2,1-3H3,(H,26,31). The normalized spacial score (nSPS) is 14.3. The van der Waals surface area contributed by atoms with Crippen molar-refractivity contribution in [2.45, 2.75) is 45.9 Å². The molecule has 2 aromatic carbocycles. The Balaban J connectivity index is 1.48. The van der Waals surface area contributed by atoms with Gasteiger partial charge in [0.1, 0.15) is 5.82 Å². The van der Waals surface area contributed by atoms with E-state index in [4.69, 9.17) is 0 Å². The summed E-state index contributed by atoms with van der Waals surface area (Å²) in [4.78, 5) is 15.2. The van der Waals surface area contributed by atoms with Crippen LogP contribution in [0.5, 0.6) is 0 Å². The molecular weight excluding hydrogens is 409 g/mol. The van der Waals surface area contributed by atoms with Gasteiger partial charge in [0.05, 0.1) is 17.8 Å². The molecule has 0 atom stereocenters. The van der Waals surface area contributed by atoms with Gasteiger partial charge in [0.2, 0.25) is 0 Å². The van der Waals surface area contributed by atoms with Crippen LogP contribution in [0.1, 0.15) is 46.7 Å². The molecule has 0 fully saturated rings. The highest BCUT2D eigenvalue weighted by Gasteiger charge is 2.25. The number of nitrogens with one attached hydrogen (secondary N) is 1. The second kappa shape index (κ2) is 8.80. The lowest BCUT2D eigenvalue weighted by atomic mass is 9.96. The van der Waals surface area contributed by atoms with E-state index in [0.29, 0.717) is 18.8 Å². The van der Waals surface area contributed by atoms with Crippen LogP contribution in [-0.4, -0.2) is 49.6 Å². The summed E-state index contributed by atoms with van der Waals surface area (Å²) in [7, 11) is 0. The molecule has 0 aliphatic carbocycles. The molecule has 0 saturated heterocycles. The van der Waals surface area contributed by atoms with Gasteiger partial charge < -0.3 is 10.4 Å². The van der Waals surface area contributed by atoms with E-state index in [1.807, 2.05) is 26.0 Å². The molecule has 32 heavy (non-hydrogen) atoms. The minimum absolute atomic E-state index is 0.268. The summed E-state index contributed by atoms with van der Waals surface area (Å²) in [6, 6.07) is 12.1. The molecule has 3 aromatic rings. The number of aliphatic hydroxyl groups is 1. The van der Waals surface area contributed by atoms with Crippen molar-refractivity contribution in [3.05, 3.63) is 76.4 Å². The van der Waals surface area contributed by atoms with Crippen molar-refractivity contribution in [3.8, 4) is 0 Å². The minimum Gasteiger partial charge on any atom is -0.389 e. The van der Waals surface area contributed by atoms with Gasteiger partial charge in [0.15, 0.2) is 5.69 Å². The van der Waals surface area contributed by atoms with E-state index in [1.165, 1.54) is 12.1 Å². The Labute approximate surface area is 186 Å². The van der Waals surface area contributed by atoms with E-state index in [1.54, 1.807) is 23.7 Å². The number of amides is 1. The highest BCUT2D eigenvalue weighted by atomic mass is 19.1. The number of fused-ring (bicyclic) bond motifs is 1. The molecule has 1 amide bonds. The molecule has 1 aliphatic heterocycles. The third kappa shape index (κ3) is 5.03. The van der Waals surface area contributed by atoms with Gasteiger partial charge in [-0.1, -0.05) is 29.5 Å². The summed E-state index contributed by atoms with van der Waals surface area (Å²) in [5, 5.41) is 21.3. The van der Waals surface area contributed by atoms with Gasteiger partial charge in [-0.05, 0) is 62.1 Å². The van der Waals surface area contributed by atoms with Gasteiger partial charge in [0, 0.05) is 25.3 Å². The molecular formula is C24H28FN5O2. The molecule has 1 aromatic heterocycles. The molecule has 0 saturated carbocycles. The summed E-state index contributed by atoms with van der Waals surface area (Å²) in [5.74, 6) is -0.598.